The van der Waals surface area contributed by atoms with E-state index in [1.807, 2.05) is 6.07 Å². The van der Waals surface area contributed by atoms with Crippen LogP contribution in [0.2, 0.25) is 0 Å². The molecule has 0 aliphatic heterocycles. The first kappa shape index (κ1) is 22.0. The van der Waals surface area contributed by atoms with Crippen LogP contribution in [0.4, 0.5) is 13.2 Å². The van der Waals surface area contributed by atoms with Crippen molar-refractivity contribution in [3.8, 4) is 11.9 Å². The molecule has 2 aromatic rings. The summed E-state index contributed by atoms with van der Waals surface area (Å²) in [7, 11) is -3.71. The number of ether oxygens (including phenoxy) is 1. The minimum Gasteiger partial charge on any atom is -0.472 e. The fraction of sp³-hybridized carbons (Fsp3) is 0.421. The molecule has 0 unspecified atom stereocenters. The second-order valence-electron chi connectivity index (χ2n) is 6.99. The number of hydrogen-bond acceptors (Lipinski definition) is 6. The van der Waals surface area contributed by atoms with Gasteiger partial charge in [0.2, 0.25) is 15.7 Å². The second kappa shape index (κ2) is 8.97. The highest BCUT2D eigenvalue weighted by Gasteiger charge is 2.30. The summed E-state index contributed by atoms with van der Waals surface area (Å²) < 4.78 is 71.0. The Morgan fingerprint density at radius 3 is 2.33 bits per heavy atom. The van der Waals surface area contributed by atoms with E-state index in [0.29, 0.717) is 25.7 Å². The lowest BCUT2D eigenvalue weighted by Gasteiger charge is -2.29. The van der Waals surface area contributed by atoms with Crippen LogP contribution in [0.1, 0.15) is 42.5 Å². The summed E-state index contributed by atoms with van der Waals surface area (Å²) in [6.07, 6.45) is 0.340. The van der Waals surface area contributed by atoms with E-state index in [0.717, 1.165) is 12.1 Å². The first-order valence-electron chi connectivity index (χ1n) is 9.20. The lowest BCUT2D eigenvalue weighted by atomic mass is 9.94. The number of nitriles is 1. The number of nitrogens with one attached hydrogen (secondary N) is 1. The topological polar surface area (TPSA) is 105 Å². The molecule has 1 fully saturated rings. The molecule has 0 saturated heterocycles. The van der Waals surface area contributed by atoms with E-state index in [4.69, 9.17) is 10.00 Å². The Bertz CT molecular complexity index is 1010. The van der Waals surface area contributed by atoms with Gasteiger partial charge in [0.25, 0.3) is 5.88 Å². The van der Waals surface area contributed by atoms with Crippen molar-refractivity contribution in [3.63, 3.8) is 0 Å². The number of halogens is 3. The Kier molecular flexibility index (Phi) is 6.58. The molecule has 7 nitrogen and oxygen atoms in total. The molecule has 0 atom stereocenters. The molecule has 1 N–H and O–H groups in total. The van der Waals surface area contributed by atoms with Crippen molar-refractivity contribution in [1.82, 2.24) is 14.7 Å². The van der Waals surface area contributed by atoms with Crippen LogP contribution in [0.3, 0.4) is 0 Å². The number of rotatable bonds is 6. The summed E-state index contributed by atoms with van der Waals surface area (Å²) in [5, 5.41) is 9.03. The normalized spacial score (nSPS) is 19.8. The zero-order valence-corrected chi connectivity index (χ0v) is 16.6. The zero-order chi connectivity index (χ0) is 21.8. The fourth-order valence-corrected chi connectivity index (χ4v) is 4.71. The first-order chi connectivity index (χ1) is 14.2. The summed E-state index contributed by atoms with van der Waals surface area (Å²) in [5.74, 6) is -0.237. The van der Waals surface area contributed by atoms with Gasteiger partial charge < -0.3 is 4.74 Å². The predicted molar refractivity (Wildman–Crippen MR) is 101 cm³/mol. The fourth-order valence-electron chi connectivity index (χ4n) is 3.25. The quantitative estimate of drug-likeness (QED) is 0.740. The molecule has 1 aliphatic carbocycles. The van der Waals surface area contributed by atoms with Crippen LogP contribution in [0.25, 0.3) is 0 Å². The van der Waals surface area contributed by atoms with Gasteiger partial charge in [-0.3, -0.25) is 0 Å². The average Bonchev–Trinajstić information content (AvgIpc) is 2.69. The highest BCUT2D eigenvalue weighted by Crippen LogP contribution is 2.29. The van der Waals surface area contributed by atoms with Crippen LogP contribution in [0, 0.1) is 11.3 Å². The predicted octanol–water partition coefficient (Wildman–Crippen LogP) is 3.18. The third-order valence-corrected chi connectivity index (χ3v) is 6.11. The standard InChI is InChI=1S/C19H19F3N4O3S/c20-19(21,22)14-3-1-13(2-4-14)12-30(27,28)26-15-5-7-16(8-6-15)29-18-17(11-23)24-9-10-25-18/h1-4,9-10,15-16,26H,5-8,12H2. The van der Waals surface area contributed by atoms with Gasteiger partial charge in [0, 0.05) is 18.4 Å². The Labute approximate surface area is 172 Å². The van der Waals surface area contributed by atoms with E-state index in [1.54, 1.807) is 0 Å². The van der Waals surface area contributed by atoms with Crippen LogP contribution in [0.5, 0.6) is 5.88 Å². The number of aromatic nitrogens is 2. The molecule has 0 amide bonds. The number of hydrogen-bond donors (Lipinski definition) is 1. The Morgan fingerprint density at radius 2 is 1.73 bits per heavy atom. The number of nitrogens with zero attached hydrogens (tertiary/aromatic N) is 3. The van der Waals surface area contributed by atoms with E-state index >= 15 is 0 Å². The van der Waals surface area contributed by atoms with Gasteiger partial charge in [-0.05, 0) is 43.4 Å². The number of alkyl halides is 3. The van der Waals surface area contributed by atoms with E-state index in [1.165, 1.54) is 24.5 Å². The van der Waals surface area contributed by atoms with Crippen molar-refractivity contribution in [3.05, 3.63) is 53.5 Å². The van der Waals surface area contributed by atoms with Crippen LogP contribution >= 0.6 is 0 Å². The van der Waals surface area contributed by atoms with Crippen molar-refractivity contribution >= 4 is 10.0 Å². The van der Waals surface area contributed by atoms with Gasteiger partial charge in [-0.25, -0.2) is 23.1 Å². The third kappa shape index (κ3) is 5.90. The van der Waals surface area contributed by atoms with Crippen LogP contribution in [-0.4, -0.2) is 30.5 Å². The summed E-state index contributed by atoms with van der Waals surface area (Å²) in [6, 6.07) is 5.69. The SMILES string of the molecule is N#Cc1nccnc1OC1CCC(NS(=O)(=O)Cc2ccc(C(F)(F)F)cc2)CC1. The maximum Gasteiger partial charge on any atom is 0.416 e. The molecular formula is C19H19F3N4O3S. The summed E-state index contributed by atoms with van der Waals surface area (Å²) in [4.78, 5) is 7.88. The van der Waals surface area contributed by atoms with E-state index in [9.17, 15) is 21.6 Å². The van der Waals surface area contributed by atoms with Gasteiger partial charge in [-0.1, -0.05) is 12.1 Å². The van der Waals surface area contributed by atoms with E-state index in [2.05, 4.69) is 14.7 Å². The van der Waals surface area contributed by atoms with Gasteiger partial charge in [0.15, 0.2) is 0 Å². The van der Waals surface area contributed by atoms with Gasteiger partial charge in [-0.15, -0.1) is 0 Å². The highest BCUT2D eigenvalue weighted by atomic mass is 32.2. The minimum atomic E-state index is -4.46. The molecule has 160 valence electrons. The molecule has 0 bridgehead atoms. The molecular weight excluding hydrogens is 421 g/mol. The number of sulfonamides is 1. The zero-order valence-electron chi connectivity index (χ0n) is 15.8. The van der Waals surface area contributed by atoms with Gasteiger partial charge in [0.05, 0.1) is 11.3 Å². The maximum absolute atomic E-state index is 12.6. The first-order valence-corrected chi connectivity index (χ1v) is 10.9. The Morgan fingerprint density at radius 1 is 1.10 bits per heavy atom. The summed E-state index contributed by atoms with van der Waals surface area (Å²) in [6.45, 7) is 0. The minimum absolute atomic E-state index is 0.0943. The van der Waals surface area contributed by atoms with Crippen molar-refractivity contribution in [2.24, 2.45) is 0 Å². The van der Waals surface area contributed by atoms with Crippen molar-refractivity contribution < 1.29 is 26.3 Å². The lowest BCUT2D eigenvalue weighted by molar-refractivity contribution is -0.137. The van der Waals surface area contributed by atoms with Crippen LogP contribution in [-0.2, 0) is 22.0 Å². The third-order valence-electron chi connectivity index (χ3n) is 4.71. The molecule has 11 heteroatoms. The van der Waals surface area contributed by atoms with Crippen molar-refractivity contribution in [2.75, 3.05) is 0 Å². The molecule has 0 radical (unpaired) electrons. The Hall–Kier alpha value is -2.71. The van der Waals surface area contributed by atoms with Crippen LogP contribution < -0.4 is 9.46 Å². The maximum atomic E-state index is 12.6. The lowest BCUT2D eigenvalue weighted by Crippen LogP contribution is -2.40. The highest BCUT2D eigenvalue weighted by molar-refractivity contribution is 7.88. The second-order valence-corrected chi connectivity index (χ2v) is 8.74. The van der Waals surface area contributed by atoms with Crippen molar-refractivity contribution in [1.29, 1.82) is 5.26 Å². The molecule has 1 aromatic heterocycles. The Balaban J connectivity index is 1.52. The summed E-state index contributed by atoms with van der Waals surface area (Å²) >= 11 is 0. The monoisotopic (exact) mass is 440 g/mol. The smallest absolute Gasteiger partial charge is 0.416 e. The molecule has 30 heavy (non-hydrogen) atoms. The summed E-state index contributed by atoms with van der Waals surface area (Å²) in [5.41, 5.74) is -0.450. The molecule has 1 aliphatic rings. The molecule has 0 spiro atoms. The largest absolute Gasteiger partial charge is 0.472 e. The van der Waals surface area contributed by atoms with E-state index in [-0.39, 0.29) is 29.3 Å². The van der Waals surface area contributed by atoms with Gasteiger partial charge in [0.1, 0.15) is 12.2 Å². The van der Waals surface area contributed by atoms with Crippen LogP contribution in [0.15, 0.2) is 36.7 Å². The van der Waals surface area contributed by atoms with Crippen molar-refractivity contribution in [2.45, 2.75) is 49.8 Å². The molecule has 1 aromatic carbocycles. The van der Waals surface area contributed by atoms with Gasteiger partial charge in [-0.2, -0.15) is 18.4 Å². The van der Waals surface area contributed by atoms with Gasteiger partial charge >= 0.3 is 6.18 Å². The molecule has 3 rings (SSSR count). The molecule has 1 heterocycles. The molecule has 1 saturated carbocycles. The number of benzene rings is 1. The average molecular weight is 440 g/mol. The van der Waals surface area contributed by atoms with E-state index < -0.39 is 27.5 Å².